The molecule has 82 valence electrons. The second-order valence-electron chi connectivity index (χ2n) is 6.58. The standard InChI is InChI=1S/C12H23NS/c1-11(2,3)8-7-9(12(4,5)6)13-10(8)14/h8-9H,7H2,1-6H3,(H,13,14). The van der Waals surface area contributed by atoms with Crippen LogP contribution in [0, 0.1) is 16.7 Å². The molecule has 1 fully saturated rings. The topological polar surface area (TPSA) is 12.0 Å². The molecule has 0 saturated carbocycles. The first-order valence-corrected chi connectivity index (χ1v) is 5.83. The average Bonchev–Trinajstić information content (AvgIpc) is 2.27. The third-order valence-corrected chi connectivity index (χ3v) is 3.60. The number of rotatable bonds is 0. The van der Waals surface area contributed by atoms with Crippen LogP contribution in [0.1, 0.15) is 48.0 Å². The van der Waals surface area contributed by atoms with Crippen molar-refractivity contribution in [1.82, 2.24) is 5.32 Å². The maximum absolute atomic E-state index is 5.42. The van der Waals surface area contributed by atoms with Crippen molar-refractivity contribution in [2.45, 2.75) is 54.0 Å². The molecule has 0 aromatic rings. The summed E-state index contributed by atoms with van der Waals surface area (Å²) in [5.74, 6) is 0.543. The zero-order valence-electron chi connectivity index (χ0n) is 10.3. The molecule has 1 aliphatic rings. The molecule has 0 aliphatic carbocycles. The molecule has 1 heterocycles. The predicted molar refractivity (Wildman–Crippen MR) is 66.5 cm³/mol. The number of nitrogens with one attached hydrogen (secondary N) is 1. The van der Waals surface area contributed by atoms with E-state index in [-0.39, 0.29) is 0 Å². The lowest BCUT2D eigenvalue weighted by Crippen LogP contribution is -2.36. The van der Waals surface area contributed by atoms with Crippen LogP contribution in [-0.4, -0.2) is 11.0 Å². The molecule has 1 rings (SSSR count). The molecule has 2 atom stereocenters. The van der Waals surface area contributed by atoms with Gasteiger partial charge in [0.05, 0.1) is 4.99 Å². The molecule has 1 N–H and O–H groups in total. The normalized spacial score (nSPS) is 29.1. The van der Waals surface area contributed by atoms with Crippen LogP contribution in [0.4, 0.5) is 0 Å². The number of hydrogen-bond donors (Lipinski definition) is 1. The Labute approximate surface area is 93.7 Å². The third kappa shape index (κ3) is 2.47. The quantitative estimate of drug-likeness (QED) is 0.619. The van der Waals surface area contributed by atoms with Gasteiger partial charge in [0.1, 0.15) is 0 Å². The van der Waals surface area contributed by atoms with E-state index in [0.29, 0.717) is 22.8 Å². The third-order valence-electron chi connectivity index (χ3n) is 3.20. The van der Waals surface area contributed by atoms with Crippen LogP contribution in [0.3, 0.4) is 0 Å². The SMILES string of the molecule is CC(C)(C)C1CC(C(C)(C)C)C(=S)N1. The molecular weight excluding hydrogens is 190 g/mol. The molecule has 0 bridgehead atoms. The van der Waals surface area contributed by atoms with Gasteiger partial charge in [-0.05, 0) is 17.3 Å². The van der Waals surface area contributed by atoms with E-state index < -0.39 is 0 Å². The van der Waals surface area contributed by atoms with Crippen molar-refractivity contribution in [1.29, 1.82) is 0 Å². The first-order valence-electron chi connectivity index (χ1n) is 5.43. The summed E-state index contributed by atoms with van der Waals surface area (Å²) in [7, 11) is 0. The van der Waals surface area contributed by atoms with Gasteiger partial charge >= 0.3 is 0 Å². The summed E-state index contributed by atoms with van der Waals surface area (Å²) in [4.78, 5) is 1.07. The van der Waals surface area contributed by atoms with E-state index in [2.05, 4.69) is 46.9 Å². The molecule has 0 aromatic heterocycles. The van der Waals surface area contributed by atoms with Crippen LogP contribution in [0.2, 0.25) is 0 Å². The Morgan fingerprint density at radius 1 is 1.07 bits per heavy atom. The van der Waals surface area contributed by atoms with Crippen molar-refractivity contribution < 1.29 is 0 Å². The Morgan fingerprint density at radius 2 is 1.57 bits per heavy atom. The van der Waals surface area contributed by atoms with Crippen LogP contribution in [0.25, 0.3) is 0 Å². The molecule has 1 nitrogen and oxygen atoms in total. The summed E-state index contributed by atoms with van der Waals surface area (Å²) in [6.45, 7) is 13.7. The van der Waals surface area contributed by atoms with E-state index in [0.717, 1.165) is 4.99 Å². The second-order valence-corrected chi connectivity index (χ2v) is 7.02. The van der Waals surface area contributed by atoms with Gasteiger partial charge in [-0.25, -0.2) is 0 Å². The van der Waals surface area contributed by atoms with Crippen LogP contribution >= 0.6 is 12.2 Å². The average molecular weight is 213 g/mol. The molecule has 1 saturated heterocycles. The smallest absolute Gasteiger partial charge is 0.0793 e. The largest absolute Gasteiger partial charge is 0.376 e. The van der Waals surface area contributed by atoms with Crippen molar-refractivity contribution in [2.24, 2.45) is 16.7 Å². The highest BCUT2D eigenvalue weighted by atomic mass is 32.1. The first kappa shape index (κ1) is 12.0. The highest BCUT2D eigenvalue weighted by molar-refractivity contribution is 7.80. The minimum atomic E-state index is 0.296. The van der Waals surface area contributed by atoms with Crippen LogP contribution < -0.4 is 5.32 Å². The van der Waals surface area contributed by atoms with Gasteiger partial charge in [0.15, 0.2) is 0 Å². The van der Waals surface area contributed by atoms with Gasteiger partial charge < -0.3 is 5.32 Å². The fraction of sp³-hybridized carbons (Fsp3) is 0.917. The van der Waals surface area contributed by atoms with E-state index in [9.17, 15) is 0 Å². The Morgan fingerprint density at radius 3 is 1.79 bits per heavy atom. The first-order chi connectivity index (χ1) is 6.12. The molecule has 1 aliphatic heterocycles. The van der Waals surface area contributed by atoms with Crippen molar-refractivity contribution >= 4 is 17.2 Å². The summed E-state index contributed by atoms with van der Waals surface area (Å²) in [5.41, 5.74) is 0.605. The highest BCUT2D eigenvalue weighted by Gasteiger charge is 2.40. The second kappa shape index (κ2) is 3.48. The van der Waals surface area contributed by atoms with Gasteiger partial charge in [-0.15, -0.1) is 0 Å². The van der Waals surface area contributed by atoms with E-state index in [4.69, 9.17) is 12.2 Å². The van der Waals surface area contributed by atoms with E-state index in [1.54, 1.807) is 0 Å². The monoisotopic (exact) mass is 213 g/mol. The summed E-state index contributed by atoms with van der Waals surface area (Å²) in [6.07, 6.45) is 1.19. The fourth-order valence-electron chi connectivity index (χ4n) is 1.99. The van der Waals surface area contributed by atoms with Crippen molar-refractivity contribution in [3.8, 4) is 0 Å². The Bertz CT molecular complexity index is 232. The number of thiocarbonyl (C=S) groups is 1. The maximum Gasteiger partial charge on any atom is 0.0793 e. The van der Waals surface area contributed by atoms with Crippen molar-refractivity contribution in [2.75, 3.05) is 0 Å². The zero-order chi connectivity index (χ0) is 11.1. The van der Waals surface area contributed by atoms with Gasteiger partial charge in [-0.3, -0.25) is 0 Å². The zero-order valence-corrected chi connectivity index (χ0v) is 11.1. The lowest BCUT2D eigenvalue weighted by molar-refractivity contribution is 0.246. The molecule has 0 spiro atoms. The summed E-state index contributed by atoms with van der Waals surface area (Å²) >= 11 is 5.42. The Kier molecular flexibility index (Phi) is 2.97. The predicted octanol–water partition coefficient (Wildman–Crippen LogP) is 3.38. The molecule has 0 radical (unpaired) electrons. The Balaban J connectivity index is 2.75. The molecule has 0 aromatic carbocycles. The molecule has 14 heavy (non-hydrogen) atoms. The minimum Gasteiger partial charge on any atom is -0.376 e. The lowest BCUT2D eigenvalue weighted by Gasteiger charge is -2.28. The van der Waals surface area contributed by atoms with E-state index in [1.807, 2.05) is 0 Å². The summed E-state index contributed by atoms with van der Waals surface area (Å²) in [5, 5.41) is 3.48. The van der Waals surface area contributed by atoms with Gasteiger partial charge in [-0.1, -0.05) is 53.8 Å². The highest BCUT2D eigenvalue weighted by Crippen LogP contribution is 2.38. The molecular formula is C12H23NS. The van der Waals surface area contributed by atoms with Crippen LogP contribution in [0.15, 0.2) is 0 Å². The van der Waals surface area contributed by atoms with Crippen LogP contribution in [0.5, 0.6) is 0 Å². The lowest BCUT2D eigenvalue weighted by atomic mass is 9.76. The van der Waals surface area contributed by atoms with Gasteiger partial charge in [0.2, 0.25) is 0 Å². The molecule has 2 heteroatoms. The van der Waals surface area contributed by atoms with Crippen LogP contribution in [-0.2, 0) is 0 Å². The van der Waals surface area contributed by atoms with E-state index >= 15 is 0 Å². The van der Waals surface area contributed by atoms with Gasteiger partial charge in [0.25, 0.3) is 0 Å². The van der Waals surface area contributed by atoms with Gasteiger partial charge in [0, 0.05) is 12.0 Å². The number of hydrogen-bond acceptors (Lipinski definition) is 1. The van der Waals surface area contributed by atoms with E-state index in [1.165, 1.54) is 6.42 Å². The Hall–Kier alpha value is -0.110. The molecule has 0 amide bonds. The van der Waals surface area contributed by atoms with Crippen molar-refractivity contribution in [3.63, 3.8) is 0 Å². The van der Waals surface area contributed by atoms with Gasteiger partial charge in [-0.2, -0.15) is 0 Å². The molecule has 2 unspecified atom stereocenters. The fourth-order valence-corrected chi connectivity index (χ4v) is 2.58. The maximum atomic E-state index is 5.42. The summed E-state index contributed by atoms with van der Waals surface area (Å²) < 4.78 is 0. The van der Waals surface area contributed by atoms with Crippen molar-refractivity contribution in [3.05, 3.63) is 0 Å². The summed E-state index contributed by atoms with van der Waals surface area (Å²) in [6, 6.07) is 0.541. The minimum absolute atomic E-state index is 0.296.